The number of halogens is 3. The van der Waals surface area contributed by atoms with Crippen molar-refractivity contribution in [1.29, 1.82) is 0 Å². The fraction of sp³-hybridized carbons (Fsp3) is 0.200. The molecule has 1 nitrogen and oxygen atoms in total. The van der Waals surface area contributed by atoms with Crippen LogP contribution in [0.3, 0.4) is 0 Å². The van der Waals surface area contributed by atoms with Gasteiger partial charge in [0.1, 0.15) is 0 Å². The third-order valence-electron chi connectivity index (χ3n) is 3.67. The highest BCUT2D eigenvalue weighted by atomic mass is 19.4. The summed E-state index contributed by atoms with van der Waals surface area (Å²) in [7, 11) is 0. The Bertz CT molecular complexity index is 667. The highest BCUT2D eigenvalue weighted by molar-refractivity contribution is 5.56. The summed E-state index contributed by atoms with van der Waals surface area (Å²) in [6.45, 7) is 3.79. The molecule has 0 heterocycles. The smallest absolute Gasteiger partial charge is 0.373 e. The van der Waals surface area contributed by atoms with Gasteiger partial charge in [0.05, 0.1) is 0 Å². The molecule has 0 saturated carbocycles. The molecule has 0 spiro atoms. The van der Waals surface area contributed by atoms with Gasteiger partial charge >= 0.3 is 6.18 Å². The monoisotopic (exact) mass is 332 g/mol. The summed E-state index contributed by atoms with van der Waals surface area (Å²) in [4.78, 5) is 0. The van der Waals surface area contributed by atoms with Gasteiger partial charge in [-0.1, -0.05) is 71.8 Å². The molecule has 0 unspecified atom stereocenters. The van der Waals surface area contributed by atoms with Crippen molar-refractivity contribution >= 4 is 12.2 Å². The molecule has 24 heavy (non-hydrogen) atoms. The molecule has 126 valence electrons. The maximum Gasteiger partial charge on any atom is 0.424 e. The number of rotatable bonds is 4. The topological polar surface area (TPSA) is 20.2 Å². The maximum atomic E-state index is 13.3. The van der Waals surface area contributed by atoms with Crippen molar-refractivity contribution in [2.24, 2.45) is 0 Å². The highest BCUT2D eigenvalue weighted by Gasteiger charge is 2.50. The SMILES string of the molecule is Cc1ccc(/C=C/C(O)(/C=C/c2ccc(C)cc2)C(F)(F)F)cc1. The Morgan fingerprint density at radius 2 is 1.04 bits per heavy atom. The lowest BCUT2D eigenvalue weighted by Crippen LogP contribution is -2.41. The van der Waals surface area contributed by atoms with Crippen molar-refractivity contribution in [3.63, 3.8) is 0 Å². The van der Waals surface area contributed by atoms with Crippen LogP contribution in [-0.2, 0) is 0 Å². The Balaban J connectivity index is 2.29. The zero-order valence-corrected chi connectivity index (χ0v) is 13.5. The first-order chi connectivity index (χ1) is 11.2. The molecule has 4 heteroatoms. The second kappa shape index (κ2) is 7.05. The van der Waals surface area contributed by atoms with Crippen LogP contribution < -0.4 is 0 Å². The molecule has 1 N–H and O–H groups in total. The van der Waals surface area contributed by atoms with E-state index in [2.05, 4.69) is 0 Å². The van der Waals surface area contributed by atoms with Crippen LogP contribution in [-0.4, -0.2) is 16.9 Å². The Morgan fingerprint density at radius 3 is 1.33 bits per heavy atom. The van der Waals surface area contributed by atoms with Gasteiger partial charge in [-0.3, -0.25) is 0 Å². The molecule has 0 aliphatic carbocycles. The van der Waals surface area contributed by atoms with Gasteiger partial charge < -0.3 is 5.11 Å². The Kier molecular flexibility index (Phi) is 5.30. The van der Waals surface area contributed by atoms with Gasteiger partial charge in [0.25, 0.3) is 0 Å². The van der Waals surface area contributed by atoms with Crippen LogP contribution in [0.5, 0.6) is 0 Å². The average Bonchev–Trinajstić information content (AvgIpc) is 2.53. The van der Waals surface area contributed by atoms with E-state index in [4.69, 9.17) is 0 Å². The third kappa shape index (κ3) is 4.59. The van der Waals surface area contributed by atoms with Crippen molar-refractivity contribution in [2.75, 3.05) is 0 Å². The number of aryl methyl sites for hydroxylation is 2. The summed E-state index contributed by atoms with van der Waals surface area (Å²) in [5.41, 5.74) is 0.178. The van der Waals surface area contributed by atoms with E-state index in [0.29, 0.717) is 11.1 Å². The van der Waals surface area contributed by atoms with Crippen LogP contribution in [0.1, 0.15) is 22.3 Å². The molecule has 0 aliphatic rings. The van der Waals surface area contributed by atoms with Crippen LogP contribution in [0.4, 0.5) is 13.2 Å². The summed E-state index contributed by atoms with van der Waals surface area (Å²) >= 11 is 0. The lowest BCUT2D eigenvalue weighted by atomic mass is 9.99. The van der Waals surface area contributed by atoms with Crippen LogP contribution in [0.25, 0.3) is 12.2 Å². The molecule has 2 aromatic rings. The minimum Gasteiger partial charge on any atom is -0.373 e. The van der Waals surface area contributed by atoms with E-state index in [1.807, 2.05) is 13.8 Å². The zero-order chi connectivity index (χ0) is 17.8. The number of alkyl halides is 3. The second-order valence-electron chi connectivity index (χ2n) is 5.81. The van der Waals surface area contributed by atoms with E-state index in [-0.39, 0.29) is 0 Å². The summed E-state index contributed by atoms with van der Waals surface area (Å²) in [5.74, 6) is 0. The Hall–Kier alpha value is -2.33. The number of aliphatic hydroxyl groups is 1. The van der Waals surface area contributed by atoms with E-state index in [1.54, 1.807) is 48.5 Å². The predicted molar refractivity (Wildman–Crippen MR) is 91.4 cm³/mol. The summed E-state index contributed by atoms with van der Waals surface area (Å²) in [6, 6.07) is 14.0. The molecule has 0 aliphatic heterocycles. The van der Waals surface area contributed by atoms with Crippen molar-refractivity contribution < 1.29 is 18.3 Å². The molecule has 2 rings (SSSR count). The van der Waals surface area contributed by atoms with Crippen molar-refractivity contribution in [2.45, 2.75) is 25.6 Å². The first kappa shape index (κ1) is 18.0. The molecular weight excluding hydrogens is 313 g/mol. The molecule has 0 saturated heterocycles. The number of hydrogen-bond donors (Lipinski definition) is 1. The van der Waals surface area contributed by atoms with Crippen molar-refractivity contribution in [1.82, 2.24) is 0 Å². The van der Waals surface area contributed by atoms with Gasteiger partial charge in [0.2, 0.25) is 0 Å². The van der Waals surface area contributed by atoms with Gasteiger partial charge in [0.15, 0.2) is 5.60 Å². The lowest BCUT2D eigenvalue weighted by molar-refractivity contribution is -0.219. The minimum absolute atomic E-state index is 0.590. The summed E-state index contributed by atoms with van der Waals surface area (Å²) in [6.07, 6.45) is -0.737. The van der Waals surface area contributed by atoms with Gasteiger partial charge in [-0.2, -0.15) is 13.2 Å². The zero-order valence-electron chi connectivity index (χ0n) is 13.5. The number of hydrogen-bond acceptors (Lipinski definition) is 1. The molecule has 2 aromatic carbocycles. The normalized spacial score (nSPS) is 13.1. The minimum atomic E-state index is -4.81. The van der Waals surface area contributed by atoms with Gasteiger partial charge in [-0.05, 0) is 37.1 Å². The van der Waals surface area contributed by atoms with Crippen LogP contribution in [0, 0.1) is 13.8 Å². The van der Waals surface area contributed by atoms with E-state index in [1.165, 1.54) is 12.2 Å². The predicted octanol–water partition coefficient (Wildman–Crippen LogP) is 5.32. The second-order valence-corrected chi connectivity index (χ2v) is 5.81. The Morgan fingerprint density at radius 1 is 0.708 bits per heavy atom. The van der Waals surface area contributed by atoms with E-state index < -0.39 is 11.8 Å². The molecule has 0 aromatic heterocycles. The fourth-order valence-corrected chi connectivity index (χ4v) is 2.05. The van der Waals surface area contributed by atoms with E-state index in [0.717, 1.165) is 23.3 Å². The Labute approximate surface area is 139 Å². The van der Waals surface area contributed by atoms with Crippen molar-refractivity contribution in [3.8, 4) is 0 Å². The van der Waals surface area contributed by atoms with Crippen molar-refractivity contribution in [3.05, 3.63) is 82.9 Å². The highest BCUT2D eigenvalue weighted by Crippen LogP contribution is 2.34. The van der Waals surface area contributed by atoms with Crippen LogP contribution >= 0.6 is 0 Å². The molecule has 0 atom stereocenters. The molecular formula is C20H19F3O. The van der Waals surface area contributed by atoms with E-state index >= 15 is 0 Å². The first-order valence-corrected chi connectivity index (χ1v) is 7.50. The van der Waals surface area contributed by atoms with E-state index in [9.17, 15) is 18.3 Å². The third-order valence-corrected chi connectivity index (χ3v) is 3.67. The summed E-state index contributed by atoms with van der Waals surface area (Å²) < 4.78 is 39.9. The van der Waals surface area contributed by atoms with Crippen LogP contribution in [0.15, 0.2) is 60.7 Å². The molecule has 0 bridgehead atoms. The number of benzene rings is 2. The maximum absolute atomic E-state index is 13.3. The quantitative estimate of drug-likeness (QED) is 0.803. The van der Waals surface area contributed by atoms with Gasteiger partial charge in [-0.15, -0.1) is 0 Å². The van der Waals surface area contributed by atoms with Gasteiger partial charge in [-0.25, -0.2) is 0 Å². The largest absolute Gasteiger partial charge is 0.424 e. The standard InChI is InChI=1S/C20H19F3O/c1-15-3-7-17(8-4-15)11-13-19(24,20(21,22)23)14-12-18-9-5-16(2)6-10-18/h3-14,24H,1-2H3/b13-11+,14-12+. The van der Waals surface area contributed by atoms with Crippen LogP contribution in [0.2, 0.25) is 0 Å². The fourth-order valence-electron chi connectivity index (χ4n) is 2.05. The molecule has 0 amide bonds. The summed E-state index contributed by atoms with van der Waals surface area (Å²) in [5, 5.41) is 10.1. The average molecular weight is 332 g/mol. The first-order valence-electron chi connectivity index (χ1n) is 7.50. The molecule has 0 radical (unpaired) electrons. The lowest BCUT2D eigenvalue weighted by Gasteiger charge is -2.24. The van der Waals surface area contributed by atoms with Gasteiger partial charge in [0, 0.05) is 0 Å². The molecule has 0 fully saturated rings.